The second-order valence-corrected chi connectivity index (χ2v) is 4.23. The Morgan fingerprint density at radius 2 is 2.12 bits per heavy atom. The maximum atomic E-state index is 10.4. The van der Waals surface area contributed by atoms with Crippen LogP contribution in [-0.4, -0.2) is 44.7 Å². The lowest BCUT2D eigenvalue weighted by Gasteiger charge is -2.32. The molecule has 0 aromatic carbocycles. The zero-order valence-corrected chi connectivity index (χ0v) is 10.9. The van der Waals surface area contributed by atoms with E-state index in [2.05, 4.69) is 6.92 Å². The van der Waals surface area contributed by atoms with Gasteiger partial charge in [-0.2, -0.15) is 0 Å². The van der Waals surface area contributed by atoms with Crippen LogP contribution in [0.2, 0.25) is 0 Å². The number of methoxy groups -OCH3 is 2. The second-order valence-electron chi connectivity index (χ2n) is 4.23. The van der Waals surface area contributed by atoms with Crippen LogP contribution in [0.5, 0.6) is 0 Å². The van der Waals surface area contributed by atoms with Crippen molar-refractivity contribution in [2.75, 3.05) is 34.0 Å². The van der Waals surface area contributed by atoms with Crippen LogP contribution in [0.4, 0.5) is 0 Å². The van der Waals surface area contributed by atoms with E-state index in [9.17, 15) is 5.11 Å². The van der Waals surface area contributed by atoms with Gasteiger partial charge in [0.2, 0.25) is 0 Å². The SMILES string of the molecule is CCCOC1=CCC(O)(COC)C(COC)=C1. The van der Waals surface area contributed by atoms with Gasteiger partial charge in [0.15, 0.2) is 0 Å². The van der Waals surface area contributed by atoms with Gasteiger partial charge >= 0.3 is 0 Å². The van der Waals surface area contributed by atoms with Gasteiger partial charge in [-0.25, -0.2) is 0 Å². The highest BCUT2D eigenvalue weighted by Gasteiger charge is 2.33. The predicted octanol–water partition coefficient (Wildman–Crippen LogP) is 1.65. The van der Waals surface area contributed by atoms with Crippen molar-refractivity contribution in [3.05, 3.63) is 23.5 Å². The molecule has 1 unspecified atom stereocenters. The number of hydrogen-bond acceptors (Lipinski definition) is 4. The summed E-state index contributed by atoms with van der Waals surface area (Å²) in [5, 5.41) is 10.4. The highest BCUT2D eigenvalue weighted by Crippen LogP contribution is 2.29. The van der Waals surface area contributed by atoms with Crippen LogP contribution in [0.3, 0.4) is 0 Å². The highest BCUT2D eigenvalue weighted by molar-refractivity contribution is 5.32. The molecule has 0 spiro atoms. The zero-order valence-electron chi connectivity index (χ0n) is 10.9. The Morgan fingerprint density at radius 3 is 2.71 bits per heavy atom. The first-order valence-corrected chi connectivity index (χ1v) is 5.90. The molecule has 1 N–H and O–H groups in total. The fourth-order valence-corrected chi connectivity index (χ4v) is 1.81. The molecule has 0 saturated carbocycles. The van der Waals surface area contributed by atoms with Gasteiger partial charge in [-0.1, -0.05) is 6.92 Å². The molecule has 0 aliphatic heterocycles. The third-order valence-electron chi connectivity index (χ3n) is 2.71. The Morgan fingerprint density at radius 1 is 1.35 bits per heavy atom. The van der Waals surface area contributed by atoms with E-state index in [0.717, 1.165) is 17.8 Å². The molecule has 4 heteroatoms. The summed E-state index contributed by atoms with van der Waals surface area (Å²) >= 11 is 0. The van der Waals surface area contributed by atoms with Crippen LogP contribution in [-0.2, 0) is 14.2 Å². The van der Waals surface area contributed by atoms with E-state index >= 15 is 0 Å². The smallest absolute Gasteiger partial charge is 0.115 e. The fourth-order valence-electron chi connectivity index (χ4n) is 1.81. The summed E-state index contributed by atoms with van der Waals surface area (Å²) in [5.41, 5.74) is -0.167. The molecule has 1 atom stereocenters. The molecule has 0 bridgehead atoms. The van der Waals surface area contributed by atoms with Crippen molar-refractivity contribution in [2.24, 2.45) is 0 Å². The summed E-state index contributed by atoms with van der Waals surface area (Å²) in [4.78, 5) is 0. The normalized spacial score (nSPS) is 24.2. The van der Waals surface area contributed by atoms with E-state index in [-0.39, 0.29) is 6.61 Å². The van der Waals surface area contributed by atoms with Crippen LogP contribution in [0.1, 0.15) is 19.8 Å². The maximum absolute atomic E-state index is 10.4. The summed E-state index contributed by atoms with van der Waals surface area (Å²) in [7, 11) is 3.19. The van der Waals surface area contributed by atoms with E-state index in [1.807, 2.05) is 12.2 Å². The fraction of sp³-hybridized carbons (Fsp3) is 0.692. The van der Waals surface area contributed by atoms with E-state index in [0.29, 0.717) is 19.6 Å². The quantitative estimate of drug-likeness (QED) is 0.737. The molecule has 1 rings (SSSR count). The first kappa shape index (κ1) is 14.2. The summed E-state index contributed by atoms with van der Waals surface area (Å²) in [6.45, 7) is 3.39. The van der Waals surface area contributed by atoms with E-state index in [1.54, 1.807) is 14.2 Å². The largest absolute Gasteiger partial charge is 0.494 e. The minimum Gasteiger partial charge on any atom is -0.494 e. The number of hydrogen-bond donors (Lipinski definition) is 1. The van der Waals surface area contributed by atoms with Crippen LogP contribution < -0.4 is 0 Å². The zero-order chi connectivity index (χ0) is 12.7. The van der Waals surface area contributed by atoms with Gasteiger partial charge in [-0.3, -0.25) is 0 Å². The average Bonchev–Trinajstić information content (AvgIpc) is 2.31. The van der Waals surface area contributed by atoms with Crippen molar-refractivity contribution >= 4 is 0 Å². The molecule has 0 amide bonds. The van der Waals surface area contributed by atoms with E-state index in [1.165, 1.54) is 0 Å². The molecule has 1 aliphatic rings. The second kappa shape index (κ2) is 6.79. The maximum Gasteiger partial charge on any atom is 0.115 e. The van der Waals surface area contributed by atoms with Gasteiger partial charge in [0, 0.05) is 20.6 Å². The third kappa shape index (κ3) is 3.84. The minimum atomic E-state index is -0.968. The Labute approximate surface area is 103 Å². The molecule has 17 heavy (non-hydrogen) atoms. The molecule has 0 radical (unpaired) electrons. The molecule has 98 valence electrons. The molecule has 1 aliphatic carbocycles. The van der Waals surface area contributed by atoms with Gasteiger partial charge in [0.25, 0.3) is 0 Å². The number of ether oxygens (including phenoxy) is 3. The van der Waals surface area contributed by atoms with E-state index in [4.69, 9.17) is 14.2 Å². The molecule has 0 aromatic rings. The number of allylic oxidation sites excluding steroid dienone is 1. The van der Waals surface area contributed by atoms with Crippen molar-refractivity contribution in [3.8, 4) is 0 Å². The summed E-state index contributed by atoms with van der Waals surface area (Å²) in [6, 6.07) is 0. The molecule has 0 saturated heterocycles. The van der Waals surface area contributed by atoms with E-state index < -0.39 is 5.60 Å². The first-order chi connectivity index (χ1) is 8.16. The van der Waals surface area contributed by atoms with Gasteiger partial charge in [-0.05, 0) is 24.1 Å². The summed E-state index contributed by atoms with van der Waals surface area (Å²) < 4.78 is 15.7. The molecule has 4 nitrogen and oxygen atoms in total. The molecule has 0 aromatic heterocycles. The lowest BCUT2D eigenvalue weighted by molar-refractivity contribution is -0.0122. The van der Waals surface area contributed by atoms with Gasteiger partial charge < -0.3 is 19.3 Å². The lowest BCUT2D eigenvalue weighted by Crippen LogP contribution is -2.39. The summed E-state index contributed by atoms with van der Waals surface area (Å²) in [5.74, 6) is 0.805. The van der Waals surface area contributed by atoms with Gasteiger partial charge in [-0.15, -0.1) is 0 Å². The van der Waals surface area contributed by atoms with Gasteiger partial charge in [0.05, 0.1) is 19.8 Å². The van der Waals surface area contributed by atoms with Crippen LogP contribution in [0.15, 0.2) is 23.5 Å². The molecular formula is C13H22O4. The van der Waals surface area contributed by atoms with Crippen LogP contribution >= 0.6 is 0 Å². The van der Waals surface area contributed by atoms with Crippen molar-refractivity contribution in [2.45, 2.75) is 25.4 Å². The number of aliphatic hydroxyl groups is 1. The Kier molecular flexibility index (Phi) is 5.68. The predicted molar refractivity (Wildman–Crippen MR) is 65.7 cm³/mol. The third-order valence-corrected chi connectivity index (χ3v) is 2.71. The monoisotopic (exact) mass is 242 g/mol. The van der Waals surface area contributed by atoms with Crippen molar-refractivity contribution < 1.29 is 19.3 Å². The Hall–Kier alpha value is -0.840. The van der Waals surface area contributed by atoms with Crippen molar-refractivity contribution in [1.82, 2.24) is 0 Å². The molecule has 0 fully saturated rings. The van der Waals surface area contributed by atoms with Crippen LogP contribution in [0, 0.1) is 0 Å². The lowest BCUT2D eigenvalue weighted by atomic mass is 9.87. The molecule has 0 heterocycles. The number of rotatable bonds is 7. The average molecular weight is 242 g/mol. The van der Waals surface area contributed by atoms with Crippen molar-refractivity contribution in [1.29, 1.82) is 0 Å². The highest BCUT2D eigenvalue weighted by atomic mass is 16.5. The topological polar surface area (TPSA) is 47.9 Å². The standard InChI is InChI=1S/C13H22O4/c1-4-7-17-12-5-6-13(14,10-16-3)11(8-12)9-15-2/h5,8,14H,4,6-7,9-10H2,1-3H3. The van der Waals surface area contributed by atoms with Crippen molar-refractivity contribution in [3.63, 3.8) is 0 Å². The minimum absolute atomic E-state index is 0.264. The Bertz CT molecular complexity index is 296. The molecular weight excluding hydrogens is 220 g/mol. The summed E-state index contributed by atoms with van der Waals surface area (Å²) in [6.07, 6.45) is 5.21. The Balaban J connectivity index is 2.75. The van der Waals surface area contributed by atoms with Gasteiger partial charge in [0.1, 0.15) is 11.4 Å². The van der Waals surface area contributed by atoms with Crippen LogP contribution in [0.25, 0.3) is 0 Å². The first-order valence-electron chi connectivity index (χ1n) is 5.90.